The average Bonchev–Trinajstić information content (AvgIpc) is 2.33. The Bertz CT molecular complexity index is 183. The van der Waals surface area contributed by atoms with Crippen molar-refractivity contribution in [1.82, 2.24) is 5.32 Å². The Hall–Kier alpha value is -0.0800. The molecule has 0 amide bonds. The highest BCUT2D eigenvalue weighted by molar-refractivity contribution is 4.93. The van der Waals surface area contributed by atoms with E-state index in [1.807, 2.05) is 0 Å². The standard InChI is InChI=1S/C14H30N2/c1-4-14(5-2,6-3)16-12-13(15)10-8-7-9-11-13/h16H,4-12,15H2,1-3H3. The maximum absolute atomic E-state index is 6.47. The largest absolute Gasteiger partial charge is 0.324 e. The number of nitrogens with one attached hydrogen (secondary N) is 1. The van der Waals surface area contributed by atoms with Gasteiger partial charge in [0.2, 0.25) is 0 Å². The highest BCUT2D eigenvalue weighted by Crippen LogP contribution is 2.27. The smallest absolute Gasteiger partial charge is 0.0281 e. The highest BCUT2D eigenvalue weighted by Gasteiger charge is 2.31. The molecule has 0 radical (unpaired) electrons. The van der Waals surface area contributed by atoms with Crippen molar-refractivity contribution in [2.75, 3.05) is 6.54 Å². The second kappa shape index (κ2) is 6.02. The molecule has 1 aliphatic carbocycles. The topological polar surface area (TPSA) is 38.0 Å². The molecule has 0 saturated heterocycles. The summed E-state index contributed by atoms with van der Waals surface area (Å²) in [5.74, 6) is 0. The fourth-order valence-electron chi connectivity index (χ4n) is 2.92. The minimum absolute atomic E-state index is 0.0724. The highest BCUT2D eigenvalue weighted by atomic mass is 15.0. The predicted molar refractivity (Wildman–Crippen MR) is 71.6 cm³/mol. The molecule has 0 aromatic rings. The van der Waals surface area contributed by atoms with Gasteiger partial charge in [0.1, 0.15) is 0 Å². The van der Waals surface area contributed by atoms with Crippen LogP contribution < -0.4 is 11.1 Å². The second-order valence-corrected chi connectivity index (χ2v) is 5.62. The molecule has 0 bridgehead atoms. The van der Waals surface area contributed by atoms with Crippen LogP contribution in [0.3, 0.4) is 0 Å². The molecule has 0 aromatic heterocycles. The van der Waals surface area contributed by atoms with Gasteiger partial charge in [-0.25, -0.2) is 0 Å². The van der Waals surface area contributed by atoms with Crippen molar-refractivity contribution >= 4 is 0 Å². The molecule has 1 fully saturated rings. The van der Waals surface area contributed by atoms with Gasteiger partial charge in [0.05, 0.1) is 0 Å². The molecule has 96 valence electrons. The van der Waals surface area contributed by atoms with Crippen LogP contribution in [0.25, 0.3) is 0 Å². The summed E-state index contributed by atoms with van der Waals surface area (Å²) in [6.45, 7) is 7.85. The number of nitrogens with two attached hydrogens (primary N) is 1. The first kappa shape index (κ1) is 14.0. The van der Waals surface area contributed by atoms with E-state index in [4.69, 9.17) is 5.73 Å². The molecule has 1 aliphatic rings. The third kappa shape index (κ3) is 3.46. The van der Waals surface area contributed by atoms with Gasteiger partial charge in [0.15, 0.2) is 0 Å². The van der Waals surface area contributed by atoms with Crippen LogP contribution in [-0.2, 0) is 0 Å². The van der Waals surface area contributed by atoms with Gasteiger partial charge >= 0.3 is 0 Å². The quantitative estimate of drug-likeness (QED) is 0.730. The molecule has 0 aliphatic heterocycles. The van der Waals surface area contributed by atoms with Crippen LogP contribution in [0.1, 0.15) is 72.1 Å². The third-order valence-electron chi connectivity index (χ3n) is 4.70. The van der Waals surface area contributed by atoms with Gasteiger partial charge in [0, 0.05) is 17.6 Å². The van der Waals surface area contributed by atoms with E-state index in [-0.39, 0.29) is 5.54 Å². The first-order valence-corrected chi connectivity index (χ1v) is 7.13. The summed E-state index contributed by atoms with van der Waals surface area (Å²) in [6.07, 6.45) is 10.0. The van der Waals surface area contributed by atoms with Gasteiger partial charge in [0.25, 0.3) is 0 Å². The van der Waals surface area contributed by atoms with Crippen LogP contribution in [-0.4, -0.2) is 17.6 Å². The van der Waals surface area contributed by atoms with Gasteiger partial charge in [-0.05, 0) is 32.1 Å². The zero-order chi connectivity index (χ0) is 12.1. The predicted octanol–water partition coefficient (Wildman–Crippen LogP) is 3.21. The van der Waals surface area contributed by atoms with Crippen molar-refractivity contribution in [3.05, 3.63) is 0 Å². The summed E-state index contributed by atoms with van der Waals surface area (Å²) in [6, 6.07) is 0. The number of hydrogen-bond donors (Lipinski definition) is 2. The molecule has 3 N–H and O–H groups in total. The van der Waals surface area contributed by atoms with Crippen LogP contribution in [0.15, 0.2) is 0 Å². The van der Waals surface area contributed by atoms with Crippen LogP contribution in [0.4, 0.5) is 0 Å². The summed E-state index contributed by atoms with van der Waals surface area (Å²) >= 11 is 0. The number of rotatable bonds is 6. The average molecular weight is 226 g/mol. The molecule has 2 nitrogen and oxygen atoms in total. The Morgan fingerprint density at radius 1 is 1.00 bits per heavy atom. The van der Waals surface area contributed by atoms with Gasteiger partial charge in [-0.3, -0.25) is 0 Å². The summed E-state index contributed by atoms with van der Waals surface area (Å²) in [7, 11) is 0. The van der Waals surface area contributed by atoms with E-state index in [1.54, 1.807) is 0 Å². The van der Waals surface area contributed by atoms with Crippen molar-refractivity contribution in [3.63, 3.8) is 0 Å². The van der Waals surface area contributed by atoms with Crippen molar-refractivity contribution < 1.29 is 0 Å². The molecular formula is C14H30N2. The molecule has 0 unspecified atom stereocenters. The minimum Gasteiger partial charge on any atom is -0.324 e. The summed E-state index contributed by atoms with van der Waals surface area (Å²) < 4.78 is 0. The minimum atomic E-state index is 0.0724. The Kier molecular flexibility index (Phi) is 5.26. The van der Waals surface area contributed by atoms with Crippen LogP contribution in [0.5, 0.6) is 0 Å². The Labute approximate surface area is 101 Å². The van der Waals surface area contributed by atoms with E-state index in [9.17, 15) is 0 Å². The first-order chi connectivity index (χ1) is 7.60. The Morgan fingerprint density at radius 2 is 1.50 bits per heavy atom. The van der Waals surface area contributed by atoms with Crippen molar-refractivity contribution in [1.29, 1.82) is 0 Å². The van der Waals surface area contributed by atoms with Crippen molar-refractivity contribution in [2.45, 2.75) is 83.2 Å². The lowest BCUT2D eigenvalue weighted by molar-refractivity contribution is 0.220. The summed E-state index contributed by atoms with van der Waals surface area (Å²) in [5, 5.41) is 3.77. The second-order valence-electron chi connectivity index (χ2n) is 5.62. The molecular weight excluding hydrogens is 196 g/mol. The molecule has 16 heavy (non-hydrogen) atoms. The molecule has 2 heteroatoms. The van der Waals surface area contributed by atoms with Crippen LogP contribution in [0.2, 0.25) is 0 Å². The molecule has 0 aromatic carbocycles. The molecule has 0 atom stereocenters. The van der Waals surface area contributed by atoms with Gasteiger partial charge in [-0.15, -0.1) is 0 Å². The first-order valence-electron chi connectivity index (χ1n) is 7.13. The zero-order valence-electron chi connectivity index (χ0n) is 11.4. The molecule has 0 spiro atoms. The molecule has 1 rings (SSSR count). The normalized spacial score (nSPS) is 21.0. The van der Waals surface area contributed by atoms with Gasteiger partial charge in [-0.2, -0.15) is 0 Å². The fourth-order valence-corrected chi connectivity index (χ4v) is 2.92. The van der Waals surface area contributed by atoms with Gasteiger partial charge in [-0.1, -0.05) is 40.0 Å². The van der Waals surface area contributed by atoms with E-state index in [0.717, 1.165) is 6.54 Å². The Morgan fingerprint density at radius 3 is 1.94 bits per heavy atom. The Balaban J connectivity index is 2.47. The lowest BCUT2D eigenvalue weighted by Gasteiger charge is -2.39. The lowest BCUT2D eigenvalue weighted by Crippen LogP contribution is -2.56. The summed E-state index contributed by atoms with van der Waals surface area (Å²) in [5.41, 5.74) is 6.86. The van der Waals surface area contributed by atoms with Crippen LogP contribution in [0, 0.1) is 0 Å². The van der Waals surface area contributed by atoms with E-state index in [2.05, 4.69) is 26.1 Å². The van der Waals surface area contributed by atoms with E-state index in [1.165, 1.54) is 51.4 Å². The van der Waals surface area contributed by atoms with Gasteiger partial charge < -0.3 is 11.1 Å². The summed E-state index contributed by atoms with van der Waals surface area (Å²) in [4.78, 5) is 0. The van der Waals surface area contributed by atoms with E-state index >= 15 is 0 Å². The number of hydrogen-bond acceptors (Lipinski definition) is 2. The van der Waals surface area contributed by atoms with Crippen molar-refractivity contribution in [2.24, 2.45) is 5.73 Å². The van der Waals surface area contributed by atoms with Crippen molar-refractivity contribution in [3.8, 4) is 0 Å². The maximum Gasteiger partial charge on any atom is 0.0281 e. The zero-order valence-corrected chi connectivity index (χ0v) is 11.4. The molecule has 1 saturated carbocycles. The SMILES string of the molecule is CCC(CC)(CC)NCC1(N)CCCCC1. The maximum atomic E-state index is 6.47. The monoisotopic (exact) mass is 226 g/mol. The third-order valence-corrected chi connectivity index (χ3v) is 4.70. The van der Waals surface area contributed by atoms with E-state index < -0.39 is 0 Å². The lowest BCUT2D eigenvalue weighted by atomic mass is 9.81. The van der Waals surface area contributed by atoms with E-state index in [0.29, 0.717) is 5.54 Å². The fraction of sp³-hybridized carbons (Fsp3) is 1.00. The van der Waals surface area contributed by atoms with Crippen LogP contribution >= 0.6 is 0 Å². The molecule has 0 heterocycles.